The third-order valence-corrected chi connectivity index (χ3v) is 6.77. The quantitative estimate of drug-likeness (QED) is 0.486. The molecule has 4 rings (SSSR count). The Morgan fingerprint density at radius 2 is 1.89 bits per heavy atom. The zero-order chi connectivity index (χ0) is 26.5. The minimum atomic E-state index is -0.603. The van der Waals surface area contributed by atoms with Crippen molar-refractivity contribution >= 4 is 28.8 Å². The van der Waals surface area contributed by atoms with E-state index in [-0.39, 0.29) is 18.4 Å². The molecule has 3 heterocycles. The van der Waals surface area contributed by atoms with E-state index in [9.17, 15) is 9.59 Å². The van der Waals surface area contributed by atoms with Gasteiger partial charge in [-0.05, 0) is 56.0 Å². The van der Waals surface area contributed by atoms with Crippen molar-refractivity contribution in [3.8, 4) is 11.5 Å². The Bertz CT molecular complexity index is 1270. The number of ether oxygens (including phenoxy) is 3. The Hall–Kier alpha value is -3.79. The zero-order valence-corrected chi connectivity index (χ0v) is 22.3. The Labute approximate surface area is 220 Å². The van der Waals surface area contributed by atoms with Gasteiger partial charge in [0.2, 0.25) is 5.91 Å². The van der Waals surface area contributed by atoms with Crippen LogP contribution < -0.4 is 14.8 Å². The largest absolute Gasteiger partial charge is 0.497 e. The van der Waals surface area contributed by atoms with Crippen LogP contribution in [0.4, 0.5) is 0 Å². The topological polar surface area (TPSA) is 102 Å². The summed E-state index contributed by atoms with van der Waals surface area (Å²) >= 11 is 1.42. The summed E-state index contributed by atoms with van der Waals surface area (Å²) in [6.45, 7) is 5.80. The van der Waals surface area contributed by atoms with E-state index < -0.39 is 12.0 Å². The normalized spacial score (nSPS) is 16.7. The van der Waals surface area contributed by atoms with Gasteiger partial charge in [-0.15, -0.1) is 0 Å². The van der Waals surface area contributed by atoms with Crippen LogP contribution >= 0.6 is 11.8 Å². The summed E-state index contributed by atoms with van der Waals surface area (Å²) in [6, 6.07) is 8.56. The number of carbonyl (C=O) groups excluding carboxylic acids is 2. The van der Waals surface area contributed by atoms with E-state index in [4.69, 9.17) is 19.2 Å². The van der Waals surface area contributed by atoms with Crippen molar-refractivity contribution in [2.24, 2.45) is 4.99 Å². The minimum Gasteiger partial charge on any atom is -0.497 e. The maximum Gasteiger partial charge on any atom is 0.338 e. The van der Waals surface area contributed by atoms with Crippen molar-refractivity contribution in [1.82, 2.24) is 15.2 Å². The van der Waals surface area contributed by atoms with E-state index in [1.807, 2.05) is 34.6 Å². The number of amidine groups is 1. The van der Waals surface area contributed by atoms with Gasteiger partial charge in [-0.25, -0.2) is 9.79 Å². The van der Waals surface area contributed by atoms with Crippen LogP contribution in [0, 0.1) is 0 Å². The molecule has 0 saturated carbocycles. The molecule has 1 aromatic carbocycles. The number of thioether (sulfide) groups is 1. The number of aromatic nitrogens is 1. The highest BCUT2D eigenvalue weighted by Gasteiger charge is 2.42. The highest BCUT2D eigenvalue weighted by Crippen LogP contribution is 2.47. The first-order chi connectivity index (χ1) is 17.8. The standard InChI is InChI=1S/C27H30N4O5S/c1-16(2)36-26(33)24-17(3)30-27-31(25(24)21-7-6-20(34-4)13-22(21)35-5)19(15-37-27)12-23(32)29-14-18-8-10-28-11-9-18/h6-11,13,15-16,25H,12,14H2,1-5H3,(H,29,32). The number of nitrogens with zero attached hydrogens (tertiary/aromatic N) is 3. The number of fused-ring (bicyclic) bond motifs is 1. The van der Waals surface area contributed by atoms with Gasteiger partial charge < -0.3 is 24.4 Å². The van der Waals surface area contributed by atoms with E-state index in [1.54, 1.807) is 53.5 Å². The summed E-state index contributed by atoms with van der Waals surface area (Å²) in [6.07, 6.45) is 3.18. The molecule has 194 valence electrons. The predicted octanol–water partition coefficient (Wildman–Crippen LogP) is 4.33. The Morgan fingerprint density at radius 1 is 1.14 bits per heavy atom. The molecular weight excluding hydrogens is 492 g/mol. The van der Waals surface area contributed by atoms with Gasteiger partial charge in [0, 0.05) is 36.3 Å². The molecule has 0 aliphatic carbocycles. The number of pyridine rings is 1. The number of amides is 1. The van der Waals surface area contributed by atoms with Crippen LogP contribution in [-0.4, -0.2) is 47.3 Å². The lowest BCUT2D eigenvalue weighted by atomic mass is 9.93. The third-order valence-electron chi connectivity index (χ3n) is 5.88. The van der Waals surface area contributed by atoms with Gasteiger partial charge >= 0.3 is 5.97 Å². The number of nitrogens with one attached hydrogen (secondary N) is 1. The number of allylic oxidation sites excluding steroid dienone is 1. The third kappa shape index (κ3) is 5.80. The second-order valence-corrected chi connectivity index (χ2v) is 9.60. The summed E-state index contributed by atoms with van der Waals surface area (Å²) in [5.74, 6) is 0.561. The predicted molar refractivity (Wildman–Crippen MR) is 142 cm³/mol. The van der Waals surface area contributed by atoms with Gasteiger partial charge in [0.25, 0.3) is 0 Å². The molecule has 37 heavy (non-hydrogen) atoms. The van der Waals surface area contributed by atoms with Gasteiger partial charge in [0.05, 0.1) is 44.1 Å². The van der Waals surface area contributed by atoms with E-state index in [0.717, 1.165) is 16.8 Å². The fraction of sp³-hybridized carbons (Fsp3) is 0.333. The van der Waals surface area contributed by atoms with Crippen molar-refractivity contribution in [2.45, 2.75) is 45.9 Å². The average molecular weight is 523 g/mol. The summed E-state index contributed by atoms with van der Waals surface area (Å²) in [7, 11) is 3.15. The first kappa shape index (κ1) is 26.3. The van der Waals surface area contributed by atoms with Gasteiger partial charge in [-0.3, -0.25) is 9.78 Å². The second-order valence-electron chi connectivity index (χ2n) is 8.76. The van der Waals surface area contributed by atoms with Crippen LogP contribution in [0.1, 0.15) is 44.4 Å². The summed E-state index contributed by atoms with van der Waals surface area (Å²) in [5.41, 5.74) is 3.37. The maximum atomic E-state index is 13.4. The number of rotatable bonds is 9. The lowest BCUT2D eigenvalue weighted by molar-refractivity contribution is -0.143. The van der Waals surface area contributed by atoms with Crippen molar-refractivity contribution in [3.05, 3.63) is 76.2 Å². The van der Waals surface area contributed by atoms with Gasteiger partial charge in [-0.1, -0.05) is 11.8 Å². The van der Waals surface area contributed by atoms with E-state index in [2.05, 4.69) is 10.3 Å². The monoisotopic (exact) mass is 522 g/mol. The molecule has 1 aromatic heterocycles. The molecule has 0 saturated heterocycles. The second kappa shape index (κ2) is 11.5. The molecule has 9 nitrogen and oxygen atoms in total. The summed E-state index contributed by atoms with van der Waals surface area (Å²) in [5, 5.41) is 5.53. The molecule has 2 aliphatic rings. The molecule has 0 spiro atoms. The fourth-order valence-corrected chi connectivity index (χ4v) is 5.14. The lowest BCUT2D eigenvalue weighted by Gasteiger charge is -2.37. The highest BCUT2D eigenvalue weighted by molar-refractivity contribution is 8.16. The van der Waals surface area contributed by atoms with Gasteiger partial charge in [-0.2, -0.15) is 0 Å². The molecule has 0 fully saturated rings. The van der Waals surface area contributed by atoms with E-state index in [1.165, 1.54) is 11.8 Å². The molecule has 1 unspecified atom stereocenters. The Morgan fingerprint density at radius 3 is 2.57 bits per heavy atom. The van der Waals surface area contributed by atoms with Crippen molar-refractivity contribution in [3.63, 3.8) is 0 Å². The van der Waals surface area contributed by atoms with Crippen molar-refractivity contribution < 1.29 is 23.8 Å². The summed E-state index contributed by atoms with van der Waals surface area (Å²) in [4.78, 5) is 36.9. The molecule has 10 heteroatoms. The zero-order valence-electron chi connectivity index (χ0n) is 21.5. The maximum absolute atomic E-state index is 13.4. The van der Waals surface area contributed by atoms with Crippen LogP contribution in [0.3, 0.4) is 0 Å². The lowest BCUT2D eigenvalue weighted by Crippen LogP contribution is -2.38. The minimum absolute atomic E-state index is 0.109. The van der Waals surface area contributed by atoms with Crippen LogP contribution in [0.2, 0.25) is 0 Å². The Balaban J connectivity index is 1.68. The number of hydrogen-bond donors (Lipinski definition) is 1. The number of esters is 1. The van der Waals surface area contributed by atoms with Gasteiger partial charge in [0.15, 0.2) is 5.17 Å². The SMILES string of the molecule is COc1ccc(C2C(C(=O)OC(C)C)=C(C)N=C3SC=C(CC(=O)NCc4ccncc4)N32)c(OC)c1. The van der Waals surface area contributed by atoms with Gasteiger partial charge in [0.1, 0.15) is 11.5 Å². The van der Waals surface area contributed by atoms with E-state index >= 15 is 0 Å². The number of carbonyl (C=O) groups is 2. The smallest absolute Gasteiger partial charge is 0.338 e. The van der Waals surface area contributed by atoms with Crippen LogP contribution in [-0.2, 0) is 20.9 Å². The van der Waals surface area contributed by atoms with Crippen LogP contribution in [0.15, 0.2) is 70.1 Å². The fourth-order valence-electron chi connectivity index (χ4n) is 4.18. The molecule has 1 atom stereocenters. The molecule has 0 bridgehead atoms. The molecule has 1 amide bonds. The number of methoxy groups -OCH3 is 2. The number of aliphatic imine (C=N–C) groups is 1. The van der Waals surface area contributed by atoms with Crippen LogP contribution in [0.5, 0.6) is 11.5 Å². The Kier molecular flexibility index (Phi) is 8.17. The number of benzene rings is 1. The molecule has 0 radical (unpaired) electrons. The van der Waals surface area contributed by atoms with Crippen molar-refractivity contribution in [2.75, 3.05) is 14.2 Å². The molecule has 2 aromatic rings. The van der Waals surface area contributed by atoms with Crippen molar-refractivity contribution in [1.29, 1.82) is 0 Å². The number of hydrogen-bond acceptors (Lipinski definition) is 9. The van der Waals surface area contributed by atoms with Crippen LogP contribution in [0.25, 0.3) is 0 Å². The molecule has 1 N–H and O–H groups in total. The summed E-state index contributed by atoms with van der Waals surface area (Å²) < 4.78 is 16.7. The first-order valence-electron chi connectivity index (χ1n) is 11.8. The highest BCUT2D eigenvalue weighted by atomic mass is 32.2. The molecule has 2 aliphatic heterocycles. The molecular formula is C27H30N4O5S. The first-order valence-corrected chi connectivity index (χ1v) is 12.7. The average Bonchev–Trinajstić information content (AvgIpc) is 3.28. The van der Waals surface area contributed by atoms with E-state index in [0.29, 0.717) is 34.5 Å².